The van der Waals surface area contributed by atoms with E-state index in [0.29, 0.717) is 12.8 Å². The average molecular weight is 263 g/mol. The summed E-state index contributed by atoms with van der Waals surface area (Å²) in [6.45, 7) is 1.71. The van der Waals surface area contributed by atoms with Gasteiger partial charge in [-0.3, -0.25) is 4.79 Å². The molecule has 0 heterocycles. The summed E-state index contributed by atoms with van der Waals surface area (Å²) in [5.41, 5.74) is -5.49. The van der Waals surface area contributed by atoms with Gasteiger partial charge < -0.3 is 5.11 Å². The number of alkyl halides is 3. The fraction of sp³-hybridized carbons (Fsp3) is 0.857. The molecule has 0 saturated carbocycles. The number of sulfonamides is 1. The van der Waals surface area contributed by atoms with Crippen LogP contribution in [0.1, 0.15) is 26.2 Å². The fourth-order valence-corrected chi connectivity index (χ4v) is 1.62. The Morgan fingerprint density at radius 1 is 1.44 bits per heavy atom. The number of rotatable bonds is 6. The normalized spacial score (nSPS) is 14.8. The van der Waals surface area contributed by atoms with E-state index in [9.17, 15) is 26.4 Å². The van der Waals surface area contributed by atoms with Crippen molar-refractivity contribution in [1.29, 1.82) is 0 Å². The van der Waals surface area contributed by atoms with Gasteiger partial charge in [0.2, 0.25) is 0 Å². The lowest BCUT2D eigenvalue weighted by molar-refractivity contribution is -0.139. The molecule has 5 nitrogen and oxygen atoms in total. The number of unbranched alkanes of at least 4 members (excludes halogenated alkanes) is 1. The minimum Gasteiger partial charge on any atom is -0.480 e. The smallest absolute Gasteiger partial charge is 0.480 e. The van der Waals surface area contributed by atoms with Crippen LogP contribution in [-0.2, 0) is 14.8 Å². The van der Waals surface area contributed by atoms with E-state index in [2.05, 4.69) is 0 Å². The Morgan fingerprint density at radius 2 is 1.94 bits per heavy atom. The van der Waals surface area contributed by atoms with Gasteiger partial charge in [-0.15, -0.1) is 0 Å². The summed E-state index contributed by atoms with van der Waals surface area (Å²) in [4.78, 5) is 10.5. The van der Waals surface area contributed by atoms with E-state index >= 15 is 0 Å². The molecule has 0 unspecified atom stereocenters. The van der Waals surface area contributed by atoms with Crippen molar-refractivity contribution in [1.82, 2.24) is 4.72 Å². The molecular formula is C7H12F3NO4S. The zero-order valence-electron chi connectivity index (χ0n) is 8.41. The van der Waals surface area contributed by atoms with Crippen molar-refractivity contribution in [2.45, 2.75) is 37.7 Å². The third-order valence-electron chi connectivity index (χ3n) is 1.75. The van der Waals surface area contributed by atoms with Gasteiger partial charge in [-0.25, -0.2) is 8.42 Å². The third-order valence-corrected chi connectivity index (χ3v) is 2.95. The van der Waals surface area contributed by atoms with Gasteiger partial charge in [0.25, 0.3) is 0 Å². The maximum Gasteiger partial charge on any atom is 0.511 e. The molecule has 0 spiro atoms. The molecular weight excluding hydrogens is 251 g/mol. The molecule has 0 aromatic heterocycles. The minimum atomic E-state index is -5.60. The molecule has 96 valence electrons. The summed E-state index contributed by atoms with van der Waals surface area (Å²) in [5.74, 6) is -1.62. The van der Waals surface area contributed by atoms with Crippen LogP contribution in [0, 0.1) is 0 Å². The molecule has 16 heavy (non-hydrogen) atoms. The zero-order valence-corrected chi connectivity index (χ0v) is 9.23. The minimum absolute atomic E-state index is 0.179. The number of carboxylic acid groups (broad SMARTS) is 1. The summed E-state index contributed by atoms with van der Waals surface area (Å²) in [7, 11) is -5.60. The lowest BCUT2D eigenvalue weighted by atomic mass is 10.1. The molecule has 0 rings (SSSR count). The van der Waals surface area contributed by atoms with E-state index in [1.54, 1.807) is 6.92 Å². The second kappa shape index (κ2) is 5.48. The average Bonchev–Trinajstić information content (AvgIpc) is 2.09. The maximum absolute atomic E-state index is 11.9. The molecule has 0 radical (unpaired) electrons. The Bertz CT molecular complexity index is 338. The topological polar surface area (TPSA) is 83.5 Å². The molecule has 0 bridgehead atoms. The fourth-order valence-electron chi connectivity index (χ4n) is 0.895. The zero-order chi connectivity index (χ0) is 13.0. The van der Waals surface area contributed by atoms with Gasteiger partial charge in [0.1, 0.15) is 6.04 Å². The van der Waals surface area contributed by atoms with Crippen molar-refractivity contribution in [3.05, 3.63) is 0 Å². The van der Waals surface area contributed by atoms with Crippen LogP contribution < -0.4 is 4.72 Å². The number of carboxylic acids is 1. The largest absolute Gasteiger partial charge is 0.511 e. The predicted molar refractivity (Wildman–Crippen MR) is 49.1 cm³/mol. The second-order valence-corrected chi connectivity index (χ2v) is 4.81. The number of hydrogen-bond donors (Lipinski definition) is 2. The van der Waals surface area contributed by atoms with Crippen LogP contribution in [0.15, 0.2) is 0 Å². The Hall–Kier alpha value is -0.830. The first-order valence-electron chi connectivity index (χ1n) is 4.43. The standard InChI is InChI=1S/C7H12F3NO4S/c1-2-3-4-5(6(12)13)11-16(14,15)7(8,9)10/h5,11H,2-4H2,1H3,(H,12,13)/t5-/m0/s1. The summed E-state index contributed by atoms with van der Waals surface area (Å²) in [5, 5.41) is 8.53. The van der Waals surface area contributed by atoms with Crippen LogP contribution in [0.3, 0.4) is 0 Å². The third kappa shape index (κ3) is 4.35. The number of aliphatic carboxylic acids is 1. The van der Waals surface area contributed by atoms with Crippen LogP contribution in [0.25, 0.3) is 0 Å². The van der Waals surface area contributed by atoms with Crippen molar-refractivity contribution in [3.8, 4) is 0 Å². The highest BCUT2D eigenvalue weighted by Crippen LogP contribution is 2.22. The van der Waals surface area contributed by atoms with Crippen LogP contribution in [-0.4, -0.2) is 31.0 Å². The van der Waals surface area contributed by atoms with Crippen molar-refractivity contribution >= 4 is 16.0 Å². The molecule has 0 saturated heterocycles. The van der Waals surface area contributed by atoms with Gasteiger partial charge >= 0.3 is 21.5 Å². The van der Waals surface area contributed by atoms with E-state index in [4.69, 9.17) is 5.11 Å². The highest BCUT2D eigenvalue weighted by Gasteiger charge is 2.47. The predicted octanol–water partition coefficient (Wildman–Crippen LogP) is 1.07. The molecule has 0 aromatic carbocycles. The van der Waals surface area contributed by atoms with E-state index in [-0.39, 0.29) is 6.42 Å². The number of carbonyl (C=O) groups is 1. The molecule has 2 N–H and O–H groups in total. The van der Waals surface area contributed by atoms with E-state index in [1.807, 2.05) is 0 Å². The number of nitrogens with one attached hydrogen (secondary N) is 1. The summed E-state index contributed by atoms with van der Waals surface area (Å²) in [6, 6.07) is -1.74. The lowest BCUT2D eigenvalue weighted by Crippen LogP contribution is -2.46. The molecule has 0 fully saturated rings. The Balaban J connectivity index is 4.71. The van der Waals surface area contributed by atoms with Gasteiger partial charge in [0.15, 0.2) is 0 Å². The summed E-state index contributed by atoms with van der Waals surface area (Å²) >= 11 is 0. The molecule has 0 aliphatic heterocycles. The highest BCUT2D eigenvalue weighted by atomic mass is 32.2. The number of hydrogen-bond acceptors (Lipinski definition) is 3. The summed E-state index contributed by atoms with van der Waals surface area (Å²) < 4.78 is 58.2. The molecule has 0 aromatic rings. The first-order valence-corrected chi connectivity index (χ1v) is 5.91. The molecule has 0 amide bonds. The maximum atomic E-state index is 11.9. The number of halogens is 3. The van der Waals surface area contributed by atoms with Crippen LogP contribution in [0.2, 0.25) is 0 Å². The van der Waals surface area contributed by atoms with E-state index < -0.39 is 27.5 Å². The first kappa shape index (κ1) is 15.2. The summed E-state index contributed by atoms with van der Waals surface area (Å²) in [6.07, 6.45) is 0.690. The van der Waals surface area contributed by atoms with Crippen molar-refractivity contribution < 1.29 is 31.5 Å². The quantitative estimate of drug-likeness (QED) is 0.750. The molecule has 0 aliphatic rings. The SMILES string of the molecule is CCCC[C@H](NS(=O)(=O)C(F)(F)F)C(=O)O. The van der Waals surface area contributed by atoms with Gasteiger partial charge in [-0.1, -0.05) is 19.8 Å². The van der Waals surface area contributed by atoms with Gasteiger partial charge in [0.05, 0.1) is 0 Å². The van der Waals surface area contributed by atoms with Gasteiger partial charge in [-0.2, -0.15) is 17.9 Å². The molecule has 9 heteroatoms. The monoisotopic (exact) mass is 263 g/mol. The van der Waals surface area contributed by atoms with Crippen LogP contribution in [0.5, 0.6) is 0 Å². The van der Waals surface area contributed by atoms with Crippen molar-refractivity contribution in [3.63, 3.8) is 0 Å². The Morgan fingerprint density at radius 3 is 2.25 bits per heavy atom. The van der Waals surface area contributed by atoms with Gasteiger partial charge in [0, 0.05) is 0 Å². The first-order chi connectivity index (χ1) is 7.12. The highest BCUT2D eigenvalue weighted by molar-refractivity contribution is 7.90. The van der Waals surface area contributed by atoms with E-state index in [0.717, 1.165) is 4.72 Å². The van der Waals surface area contributed by atoms with Gasteiger partial charge in [-0.05, 0) is 6.42 Å². The Kier molecular flexibility index (Phi) is 5.20. The second-order valence-electron chi connectivity index (χ2n) is 3.10. The van der Waals surface area contributed by atoms with Crippen LogP contribution >= 0.6 is 0 Å². The van der Waals surface area contributed by atoms with Crippen molar-refractivity contribution in [2.75, 3.05) is 0 Å². The molecule has 1 atom stereocenters. The lowest BCUT2D eigenvalue weighted by Gasteiger charge is -2.15. The Labute approximate surface area is 90.7 Å². The van der Waals surface area contributed by atoms with Crippen LogP contribution in [0.4, 0.5) is 13.2 Å². The van der Waals surface area contributed by atoms with Crippen molar-refractivity contribution in [2.24, 2.45) is 0 Å². The molecule has 0 aliphatic carbocycles. The van der Waals surface area contributed by atoms with E-state index in [1.165, 1.54) is 0 Å².